The normalized spacial score (nSPS) is 23.1. The number of hydrogen-bond donors (Lipinski definition) is 1. The predicted octanol–water partition coefficient (Wildman–Crippen LogP) is 4.20. The standard InChI is InChI=1S/C28H31N3O2/c32-27-20-31(25-14-8-3-9-15-25)28(29-27)16-17-30(19-23-10-4-1-5-11-23)26(18-28)22-33-21-24-12-6-2-7-13-24/h1-15,26H,16-22H2,(H,29,32). The Morgan fingerprint density at radius 1 is 0.879 bits per heavy atom. The zero-order valence-corrected chi connectivity index (χ0v) is 18.9. The molecule has 1 N–H and O–H groups in total. The fourth-order valence-corrected chi connectivity index (χ4v) is 5.18. The Morgan fingerprint density at radius 3 is 2.21 bits per heavy atom. The van der Waals surface area contributed by atoms with Crippen molar-refractivity contribution in [2.75, 3.05) is 24.6 Å². The van der Waals surface area contributed by atoms with Crippen LogP contribution in [0.1, 0.15) is 24.0 Å². The summed E-state index contributed by atoms with van der Waals surface area (Å²) < 4.78 is 6.22. The molecule has 0 saturated carbocycles. The summed E-state index contributed by atoms with van der Waals surface area (Å²) in [4.78, 5) is 17.4. The molecule has 1 amide bonds. The van der Waals surface area contributed by atoms with Gasteiger partial charge in [-0.05, 0) is 23.3 Å². The van der Waals surface area contributed by atoms with Gasteiger partial charge in [0.15, 0.2) is 0 Å². The smallest absolute Gasteiger partial charge is 0.241 e. The van der Waals surface area contributed by atoms with E-state index < -0.39 is 0 Å². The molecule has 0 bridgehead atoms. The Hall–Kier alpha value is -3.15. The lowest BCUT2D eigenvalue weighted by Crippen LogP contribution is -2.62. The third kappa shape index (κ3) is 4.95. The van der Waals surface area contributed by atoms with Crippen LogP contribution in [0.3, 0.4) is 0 Å². The van der Waals surface area contributed by atoms with Gasteiger partial charge in [-0.25, -0.2) is 0 Å². The number of amides is 1. The van der Waals surface area contributed by atoms with Gasteiger partial charge in [0.1, 0.15) is 5.66 Å². The highest BCUT2D eigenvalue weighted by Crippen LogP contribution is 2.37. The minimum atomic E-state index is -0.369. The van der Waals surface area contributed by atoms with Gasteiger partial charge in [-0.2, -0.15) is 0 Å². The fraction of sp³-hybridized carbons (Fsp3) is 0.321. The van der Waals surface area contributed by atoms with Crippen LogP contribution in [0.2, 0.25) is 0 Å². The first-order chi connectivity index (χ1) is 16.2. The van der Waals surface area contributed by atoms with Crippen molar-refractivity contribution < 1.29 is 9.53 Å². The van der Waals surface area contributed by atoms with E-state index in [1.54, 1.807) is 0 Å². The molecule has 2 heterocycles. The molecule has 5 nitrogen and oxygen atoms in total. The maximum Gasteiger partial charge on any atom is 0.241 e. The maximum absolute atomic E-state index is 12.6. The zero-order chi connectivity index (χ0) is 22.5. The van der Waals surface area contributed by atoms with E-state index in [2.05, 4.69) is 69.7 Å². The molecule has 33 heavy (non-hydrogen) atoms. The molecule has 2 fully saturated rings. The largest absolute Gasteiger partial charge is 0.375 e. The van der Waals surface area contributed by atoms with Gasteiger partial charge in [-0.1, -0.05) is 78.9 Å². The number of carbonyl (C=O) groups excluding carboxylic acids is 1. The molecule has 5 heteroatoms. The number of benzene rings is 3. The molecule has 1 spiro atoms. The Morgan fingerprint density at radius 2 is 1.52 bits per heavy atom. The van der Waals surface area contributed by atoms with Crippen molar-refractivity contribution in [3.63, 3.8) is 0 Å². The summed E-state index contributed by atoms with van der Waals surface area (Å²) in [6, 6.07) is 31.4. The van der Waals surface area contributed by atoms with E-state index in [0.717, 1.165) is 31.6 Å². The van der Waals surface area contributed by atoms with Gasteiger partial charge in [0, 0.05) is 37.7 Å². The van der Waals surface area contributed by atoms with Crippen molar-refractivity contribution in [2.24, 2.45) is 0 Å². The molecule has 2 aliphatic heterocycles. The summed E-state index contributed by atoms with van der Waals surface area (Å²) in [5.74, 6) is 0.0966. The first-order valence-corrected chi connectivity index (χ1v) is 11.8. The predicted molar refractivity (Wildman–Crippen MR) is 131 cm³/mol. The third-order valence-corrected chi connectivity index (χ3v) is 6.81. The second-order valence-corrected chi connectivity index (χ2v) is 9.07. The lowest BCUT2D eigenvalue weighted by molar-refractivity contribution is -0.119. The van der Waals surface area contributed by atoms with Crippen molar-refractivity contribution in [1.29, 1.82) is 0 Å². The van der Waals surface area contributed by atoms with Crippen LogP contribution < -0.4 is 10.2 Å². The maximum atomic E-state index is 12.6. The van der Waals surface area contributed by atoms with Gasteiger partial charge >= 0.3 is 0 Å². The molecular formula is C28H31N3O2. The number of nitrogens with one attached hydrogen (secondary N) is 1. The molecule has 3 aromatic carbocycles. The van der Waals surface area contributed by atoms with E-state index in [4.69, 9.17) is 4.74 Å². The summed E-state index contributed by atoms with van der Waals surface area (Å²) in [7, 11) is 0. The summed E-state index contributed by atoms with van der Waals surface area (Å²) in [5, 5.41) is 3.35. The van der Waals surface area contributed by atoms with E-state index in [9.17, 15) is 4.79 Å². The average molecular weight is 442 g/mol. The van der Waals surface area contributed by atoms with Crippen LogP contribution in [0.5, 0.6) is 0 Å². The van der Waals surface area contributed by atoms with Gasteiger partial charge in [-0.15, -0.1) is 0 Å². The lowest BCUT2D eigenvalue weighted by Gasteiger charge is -2.49. The number of hydrogen-bond acceptors (Lipinski definition) is 4. The van der Waals surface area contributed by atoms with E-state index in [0.29, 0.717) is 19.8 Å². The molecule has 0 aliphatic carbocycles. The molecule has 2 atom stereocenters. The summed E-state index contributed by atoms with van der Waals surface area (Å²) in [5.41, 5.74) is 3.21. The monoisotopic (exact) mass is 441 g/mol. The van der Waals surface area contributed by atoms with Crippen molar-refractivity contribution in [2.45, 2.75) is 37.7 Å². The highest BCUT2D eigenvalue weighted by Gasteiger charge is 2.49. The van der Waals surface area contributed by atoms with Gasteiger partial charge in [0.25, 0.3) is 0 Å². The Labute approximate surface area is 196 Å². The Balaban J connectivity index is 1.35. The zero-order valence-electron chi connectivity index (χ0n) is 18.9. The van der Waals surface area contributed by atoms with Crippen LogP contribution in [-0.2, 0) is 22.7 Å². The van der Waals surface area contributed by atoms with Crippen LogP contribution in [0.15, 0.2) is 91.0 Å². The van der Waals surface area contributed by atoms with Gasteiger partial charge in [0.2, 0.25) is 5.91 Å². The van der Waals surface area contributed by atoms with E-state index >= 15 is 0 Å². The van der Waals surface area contributed by atoms with Crippen molar-refractivity contribution in [3.05, 3.63) is 102 Å². The molecule has 2 aliphatic rings. The second kappa shape index (κ2) is 9.77. The highest BCUT2D eigenvalue weighted by atomic mass is 16.5. The number of piperidine rings is 1. The van der Waals surface area contributed by atoms with Gasteiger partial charge in [-0.3, -0.25) is 9.69 Å². The minimum Gasteiger partial charge on any atom is -0.375 e. The quantitative estimate of drug-likeness (QED) is 0.597. The van der Waals surface area contributed by atoms with Crippen molar-refractivity contribution in [3.8, 4) is 0 Å². The Bertz CT molecular complexity index is 1040. The summed E-state index contributed by atoms with van der Waals surface area (Å²) in [6.07, 6.45) is 1.71. The number of rotatable bonds is 7. The number of para-hydroxylation sites is 1. The highest BCUT2D eigenvalue weighted by molar-refractivity contribution is 5.86. The van der Waals surface area contributed by atoms with Crippen LogP contribution in [0, 0.1) is 0 Å². The van der Waals surface area contributed by atoms with Gasteiger partial charge < -0.3 is 15.0 Å². The van der Waals surface area contributed by atoms with E-state index in [1.807, 2.05) is 36.4 Å². The first kappa shape index (κ1) is 21.7. The van der Waals surface area contributed by atoms with Gasteiger partial charge in [0.05, 0.1) is 19.8 Å². The molecule has 0 radical (unpaired) electrons. The Kier molecular flexibility index (Phi) is 6.42. The molecule has 3 aromatic rings. The number of likely N-dealkylation sites (tertiary alicyclic amines) is 1. The molecule has 2 unspecified atom stereocenters. The van der Waals surface area contributed by atoms with Crippen LogP contribution >= 0.6 is 0 Å². The summed E-state index contributed by atoms with van der Waals surface area (Å²) >= 11 is 0. The lowest BCUT2D eigenvalue weighted by atomic mass is 9.89. The molecule has 5 rings (SSSR count). The third-order valence-electron chi connectivity index (χ3n) is 6.81. The molecule has 0 aromatic heterocycles. The number of nitrogens with zero attached hydrogens (tertiary/aromatic N) is 2. The fourth-order valence-electron chi connectivity index (χ4n) is 5.18. The second-order valence-electron chi connectivity index (χ2n) is 9.07. The van der Waals surface area contributed by atoms with Crippen LogP contribution in [-0.4, -0.2) is 42.2 Å². The molecule has 170 valence electrons. The van der Waals surface area contributed by atoms with Crippen LogP contribution in [0.4, 0.5) is 5.69 Å². The van der Waals surface area contributed by atoms with E-state index in [-0.39, 0.29) is 17.6 Å². The topological polar surface area (TPSA) is 44.8 Å². The van der Waals surface area contributed by atoms with Crippen LogP contribution in [0.25, 0.3) is 0 Å². The SMILES string of the molecule is O=C1CN(c2ccccc2)C2(CCN(Cc3ccccc3)C(COCc3ccccc3)C2)N1. The minimum absolute atomic E-state index is 0.0966. The number of ether oxygens (including phenoxy) is 1. The van der Waals surface area contributed by atoms with Crippen molar-refractivity contribution >= 4 is 11.6 Å². The van der Waals surface area contributed by atoms with E-state index in [1.165, 1.54) is 11.1 Å². The number of carbonyl (C=O) groups is 1. The molecular weight excluding hydrogens is 410 g/mol. The number of anilines is 1. The first-order valence-electron chi connectivity index (χ1n) is 11.8. The molecule has 2 saturated heterocycles. The summed E-state index contributed by atoms with van der Waals surface area (Å²) in [6.45, 7) is 3.41. The van der Waals surface area contributed by atoms with Crippen molar-refractivity contribution in [1.82, 2.24) is 10.2 Å². The average Bonchev–Trinajstić information content (AvgIpc) is 3.18.